The third kappa shape index (κ3) is 4.58. The van der Waals surface area contributed by atoms with Crippen LogP contribution >= 0.6 is 0 Å². The molecular weight excluding hydrogens is 370 g/mol. The summed E-state index contributed by atoms with van der Waals surface area (Å²) in [5.74, 6) is 0.674. The zero-order chi connectivity index (χ0) is 20.4. The molecule has 4 rings (SSSR count). The summed E-state index contributed by atoms with van der Waals surface area (Å²) < 4.78 is 0. The summed E-state index contributed by atoms with van der Waals surface area (Å²) in [6.45, 7) is 0.581. The van der Waals surface area contributed by atoms with Crippen molar-refractivity contribution in [3.8, 4) is 0 Å². The van der Waals surface area contributed by atoms with Crippen LogP contribution in [0.25, 0.3) is 11.0 Å². The number of likely N-dealkylation sites (N-methyl/N-ethyl adjacent to an activating group) is 1. The summed E-state index contributed by atoms with van der Waals surface area (Å²) in [6.07, 6.45) is 3.67. The van der Waals surface area contributed by atoms with Crippen molar-refractivity contribution >= 4 is 28.8 Å². The quantitative estimate of drug-likeness (QED) is 0.703. The maximum absolute atomic E-state index is 12.5. The van der Waals surface area contributed by atoms with Gasteiger partial charge in [-0.05, 0) is 37.8 Å². The molecule has 1 unspecified atom stereocenters. The van der Waals surface area contributed by atoms with Gasteiger partial charge >= 0.3 is 0 Å². The smallest absolute Gasteiger partial charge is 0.227 e. The monoisotopic (exact) mass is 397 g/mol. The number of fused-ring (bicyclic) bond motifs is 1. The number of benzene rings is 1. The number of rotatable bonds is 5. The Kier molecular flexibility index (Phi) is 5.51. The molecule has 1 aliphatic carbocycles. The molecule has 154 valence electrons. The fourth-order valence-corrected chi connectivity index (χ4v) is 4.30. The molecule has 8 nitrogen and oxygen atoms in total. The molecular formula is C21H27N5O3. The van der Waals surface area contributed by atoms with Crippen molar-refractivity contribution in [2.45, 2.75) is 50.6 Å². The topological polar surface area (TPSA) is 107 Å². The van der Waals surface area contributed by atoms with Gasteiger partial charge in [0.2, 0.25) is 17.7 Å². The van der Waals surface area contributed by atoms with Crippen LogP contribution in [0.3, 0.4) is 0 Å². The minimum atomic E-state index is -0.0822. The van der Waals surface area contributed by atoms with Crippen LogP contribution in [-0.4, -0.2) is 58.3 Å². The summed E-state index contributed by atoms with van der Waals surface area (Å²) >= 11 is 0. The molecule has 1 aromatic heterocycles. The van der Waals surface area contributed by atoms with Gasteiger partial charge in [0.25, 0.3) is 0 Å². The van der Waals surface area contributed by atoms with E-state index in [4.69, 9.17) is 0 Å². The van der Waals surface area contributed by atoms with Crippen molar-refractivity contribution in [3.63, 3.8) is 0 Å². The van der Waals surface area contributed by atoms with Crippen molar-refractivity contribution in [1.82, 2.24) is 25.5 Å². The first kappa shape index (κ1) is 19.4. The van der Waals surface area contributed by atoms with E-state index < -0.39 is 0 Å². The molecule has 3 N–H and O–H groups in total. The Morgan fingerprint density at radius 2 is 1.90 bits per heavy atom. The highest BCUT2D eigenvalue weighted by molar-refractivity contribution is 5.83. The zero-order valence-corrected chi connectivity index (χ0v) is 16.6. The Morgan fingerprint density at radius 3 is 2.59 bits per heavy atom. The number of nitrogens with one attached hydrogen (secondary N) is 3. The molecule has 8 heteroatoms. The minimum absolute atomic E-state index is 0.0325. The maximum atomic E-state index is 12.5. The van der Waals surface area contributed by atoms with E-state index >= 15 is 0 Å². The summed E-state index contributed by atoms with van der Waals surface area (Å²) in [4.78, 5) is 45.7. The van der Waals surface area contributed by atoms with E-state index in [9.17, 15) is 14.4 Å². The van der Waals surface area contributed by atoms with Crippen LogP contribution in [0.5, 0.6) is 0 Å². The average Bonchev–Trinajstić information content (AvgIpc) is 3.23. The summed E-state index contributed by atoms with van der Waals surface area (Å²) in [5.41, 5.74) is 1.79. The van der Waals surface area contributed by atoms with Gasteiger partial charge in [-0.1, -0.05) is 12.1 Å². The number of carbonyl (C=O) groups is 3. The van der Waals surface area contributed by atoms with Gasteiger partial charge in [-0.3, -0.25) is 14.4 Å². The molecule has 2 fully saturated rings. The molecule has 2 aromatic rings. The highest BCUT2D eigenvalue weighted by atomic mass is 16.2. The molecule has 0 spiro atoms. The Morgan fingerprint density at radius 1 is 1.14 bits per heavy atom. The number of H-pyrrole nitrogens is 1. The maximum Gasteiger partial charge on any atom is 0.227 e. The first-order chi connectivity index (χ1) is 14.0. The fourth-order valence-electron chi connectivity index (χ4n) is 4.30. The number of amides is 3. The van der Waals surface area contributed by atoms with Crippen LogP contribution < -0.4 is 10.6 Å². The number of nitrogens with zero attached hydrogens (tertiary/aromatic N) is 2. The Balaban J connectivity index is 1.21. The Bertz CT molecular complexity index is 883. The number of hydrogen-bond donors (Lipinski definition) is 3. The van der Waals surface area contributed by atoms with Crippen molar-refractivity contribution in [3.05, 3.63) is 30.1 Å². The zero-order valence-electron chi connectivity index (χ0n) is 16.6. The Labute approximate surface area is 169 Å². The lowest BCUT2D eigenvalue weighted by molar-refractivity contribution is -0.126. The largest absolute Gasteiger partial charge is 0.353 e. The van der Waals surface area contributed by atoms with Crippen LogP contribution in [0.2, 0.25) is 0 Å². The summed E-state index contributed by atoms with van der Waals surface area (Å²) in [5, 5.41) is 6.08. The Hall–Kier alpha value is -2.90. The molecule has 1 aromatic carbocycles. The van der Waals surface area contributed by atoms with E-state index in [1.807, 2.05) is 24.3 Å². The molecule has 0 bridgehead atoms. The third-order valence-electron chi connectivity index (χ3n) is 5.92. The minimum Gasteiger partial charge on any atom is -0.353 e. The van der Waals surface area contributed by atoms with Gasteiger partial charge in [0.1, 0.15) is 5.82 Å². The highest BCUT2D eigenvalue weighted by Crippen LogP contribution is 2.25. The van der Waals surface area contributed by atoms with E-state index in [0.29, 0.717) is 18.8 Å². The van der Waals surface area contributed by atoms with Crippen LogP contribution in [-0.2, 0) is 20.8 Å². The van der Waals surface area contributed by atoms with Crippen molar-refractivity contribution in [2.75, 3.05) is 13.6 Å². The second-order valence-corrected chi connectivity index (χ2v) is 8.18. The second-order valence-electron chi connectivity index (χ2n) is 8.18. The molecule has 2 aliphatic rings. The van der Waals surface area contributed by atoms with Crippen LogP contribution in [0, 0.1) is 5.92 Å². The van der Waals surface area contributed by atoms with Crippen LogP contribution in [0.1, 0.15) is 37.9 Å². The number of likely N-dealkylation sites (tertiary alicyclic amines) is 1. The summed E-state index contributed by atoms with van der Waals surface area (Å²) in [7, 11) is 1.76. The van der Waals surface area contributed by atoms with E-state index in [0.717, 1.165) is 36.7 Å². The highest BCUT2D eigenvalue weighted by Gasteiger charge is 2.32. The lowest BCUT2D eigenvalue weighted by atomic mass is 9.85. The van der Waals surface area contributed by atoms with Gasteiger partial charge in [-0.2, -0.15) is 0 Å². The van der Waals surface area contributed by atoms with Gasteiger partial charge in [-0.25, -0.2) is 4.98 Å². The molecule has 2 heterocycles. The van der Waals surface area contributed by atoms with E-state index in [2.05, 4.69) is 20.6 Å². The van der Waals surface area contributed by atoms with Crippen LogP contribution in [0.4, 0.5) is 0 Å². The van der Waals surface area contributed by atoms with Gasteiger partial charge in [0, 0.05) is 32.0 Å². The average molecular weight is 397 g/mol. The molecule has 1 saturated heterocycles. The SMILES string of the molecule is CN1CC(NC(=O)C2CCC(NC(=O)Cc3nc4ccccc4[nH]3)CC2)CC1=O. The number of imidazole rings is 1. The molecule has 3 amide bonds. The third-order valence-corrected chi connectivity index (χ3v) is 5.92. The van der Waals surface area contributed by atoms with Gasteiger partial charge < -0.3 is 20.5 Å². The van der Waals surface area contributed by atoms with Gasteiger partial charge in [0.05, 0.1) is 23.5 Å². The van der Waals surface area contributed by atoms with E-state index in [1.165, 1.54) is 0 Å². The van der Waals surface area contributed by atoms with E-state index in [1.54, 1.807) is 11.9 Å². The number of aromatic amines is 1. The number of aromatic nitrogens is 2. The normalized spacial score (nSPS) is 24.7. The molecule has 1 saturated carbocycles. The lowest BCUT2D eigenvalue weighted by Gasteiger charge is -2.29. The fraction of sp³-hybridized carbons (Fsp3) is 0.524. The van der Waals surface area contributed by atoms with Crippen molar-refractivity contribution in [2.24, 2.45) is 5.92 Å². The lowest BCUT2D eigenvalue weighted by Crippen LogP contribution is -2.44. The van der Waals surface area contributed by atoms with E-state index in [-0.39, 0.29) is 42.1 Å². The molecule has 29 heavy (non-hydrogen) atoms. The van der Waals surface area contributed by atoms with Crippen LogP contribution in [0.15, 0.2) is 24.3 Å². The standard InChI is InChI=1S/C21H27N5O3/c1-26-12-15(10-20(26)28)23-21(29)13-6-8-14(9-7-13)22-19(27)11-18-24-16-4-2-3-5-17(16)25-18/h2-5,13-15H,6-12H2,1H3,(H,22,27)(H,23,29)(H,24,25). The molecule has 1 atom stereocenters. The first-order valence-electron chi connectivity index (χ1n) is 10.3. The second kappa shape index (κ2) is 8.23. The predicted molar refractivity (Wildman–Crippen MR) is 108 cm³/mol. The number of hydrogen-bond acceptors (Lipinski definition) is 4. The molecule has 1 aliphatic heterocycles. The number of carbonyl (C=O) groups excluding carboxylic acids is 3. The number of para-hydroxylation sites is 2. The molecule has 0 radical (unpaired) electrons. The van der Waals surface area contributed by atoms with Crippen molar-refractivity contribution in [1.29, 1.82) is 0 Å². The van der Waals surface area contributed by atoms with Crippen molar-refractivity contribution < 1.29 is 14.4 Å². The first-order valence-corrected chi connectivity index (χ1v) is 10.3. The van der Waals surface area contributed by atoms with Gasteiger partial charge in [0.15, 0.2) is 0 Å². The predicted octanol–water partition coefficient (Wildman–Crippen LogP) is 1.13. The summed E-state index contributed by atoms with van der Waals surface area (Å²) in [6, 6.07) is 7.72. The van der Waals surface area contributed by atoms with Gasteiger partial charge in [-0.15, -0.1) is 0 Å².